The Bertz CT molecular complexity index is 512. The summed E-state index contributed by atoms with van der Waals surface area (Å²) in [7, 11) is 2.11. The van der Waals surface area contributed by atoms with Gasteiger partial charge in [0.1, 0.15) is 0 Å². The van der Waals surface area contributed by atoms with E-state index in [0.29, 0.717) is 18.9 Å². The number of aryl methyl sites for hydroxylation is 1. The van der Waals surface area contributed by atoms with E-state index in [0.717, 1.165) is 37.6 Å². The lowest BCUT2D eigenvalue weighted by molar-refractivity contribution is -0.134. The molecule has 6 nitrogen and oxygen atoms in total. The highest BCUT2D eigenvalue weighted by Crippen LogP contribution is 2.30. The van der Waals surface area contributed by atoms with Gasteiger partial charge in [0.15, 0.2) is 0 Å². The Labute approximate surface area is 131 Å². The van der Waals surface area contributed by atoms with Crippen molar-refractivity contribution in [2.24, 2.45) is 5.92 Å². The second-order valence-electron chi connectivity index (χ2n) is 6.72. The number of carbonyl (C=O) groups is 1. The number of rotatable bonds is 6. The predicted octanol–water partition coefficient (Wildman–Crippen LogP) is 0.830. The molecule has 0 bridgehead atoms. The molecule has 1 aromatic rings. The highest BCUT2D eigenvalue weighted by atomic mass is 16.5. The van der Waals surface area contributed by atoms with Crippen LogP contribution in [0.25, 0.3) is 0 Å². The maximum absolute atomic E-state index is 12.6. The van der Waals surface area contributed by atoms with E-state index in [9.17, 15) is 4.79 Å². The summed E-state index contributed by atoms with van der Waals surface area (Å²) in [4.78, 5) is 16.9. The molecule has 0 unspecified atom stereocenters. The van der Waals surface area contributed by atoms with Crippen LogP contribution in [0.3, 0.4) is 0 Å². The minimum Gasteiger partial charge on any atom is -0.374 e. The standard InChI is InChI=1S/C16H26N4O2/c1-12-7-14(18-17-12)8-16(21)20(9-13-3-4-13)11-15-10-19(2)5-6-22-15/h7,13,15H,3-6,8-11H2,1-2H3,(H,17,18)/t15-/m0/s1. The van der Waals surface area contributed by atoms with Gasteiger partial charge in [0.05, 0.1) is 24.8 Å². The number of H-pyrrole nitrogens is 1. The number of aromatic amines is 1. The van der Waals surface area contributed by atoms with Gasteiger partial charge >= 0.3 is 0 Å². The monoisotopic (exact) mass is 306 g/mol. The first kappa shape index (κ1) is 15.5. The zero-order valence-corrected chi connectivity index (χ0v) is 13.5. The SMILES string of the molecule is Cc1cc(CC(=O)N(CC2CC2)C[C@@H]2CN(C)CCO2)n[nH]1. The third-order valence-corrected chi connectivity index (χ3v) is 4.39. The van der Waals surface area contributed by atoms with E-state index in [1.54, 1.807) is 0 Å². The minimum atomic E-state index is 0.127. The number of amides is 1. The Kier molecular flexibility index (Phi) is 4.78. The summed E-state index contributed by atoms with van der Waals surface area (Å²) < 4.78 is 5.83. The highest BCUT2D eigenvalue weighted by molar-refractivity contribution is 5.78. The van der Waals surface area contributed by atoms with Crippen molar-refractivity contribution in [2.75, 3.05) is 39.8 Å². The maximum atomic E-state index is 12.6. The Hall–Kier alpha value is -1.40. The van der Waals surface area contributed by atoms with Gasteiger partial charge in [-0.05, 0) is 38.8 Å². The summed E-state index contributed by atoms with van der Waals surface area (Å²) in [5, 5.41) is 7.08. The number of ether oxygens (including phenoxy) is 1. The van der Waals surface area contributed by atoms with Gasteiger partial charge in [-0.2, -0.15) is 5.10 Å². The van der Waals surface area contributed by atoms with Gasteiger partial charge in [0.2, 0.25) is 5.91 Å². The molecule has 22 heavy (non-hydrogen) atoms. The summed E-state index contributed by atoms with van der Waals surface area (Å²) in [5.41, 5.74) is 1.82. The van der Waals surface area contributed by atoms with E-state index >= 15 is 0 Å². The first-order valence-electron chi connectivity index (χ1n) is 8.19. The number of carbonyl (C=O) groups excluding carboxylic acids is 1. The van der Waals surface area contributed by atoms with E-state index < -0.39 is 0 Å². The van der Waals surface area contributed by atoms with Crippen molar-refractivity contribution in [3.8, 4) is 0 Å². The quantitative estimate of drug-likeness (QED) is 0.846. The molecular formula is C16H26N4O2. The first-order chi connectivity index (χ1) is 10.6. The van der Waals surface area contributed by atoms with Gasteiger partial charge < -0.3 is 14.5 Å². The van der Waals surface area contributed by atoms with Crippen LogP contribution in [0.15, 0.2) is 6.07 Å². The largest absolute Gasteiger partial charge is 0.374 e. The van der Waals surface area contributed by atoms with Crippen LogP contribution in [0.4, 0.5) is 0 Å². The highest BCUT2D eigenvalue weighted by Gasteiger charge is 2.30. The van der Waals surface area contributed by atoms with Gasteiger partial charge in [0.25, 0.3) is 0 Å². The van der Waals surface area contributed by atoms with Gasteiger partial charge in [-0.25, -0.2) is 0 Å². The van der Waals surface area contributed by atoms with Crippen LogP contribution in [0.5, 0.6) is 0 Å². The lowest BCUT2D eigenvalue weighted by atomic mass is 10.2. The number of morpholine rings is 1. The molecule has 1 saturated carbocycles. The van der Waals surface area contributed by atoms with Crippen LogP contribution >= 0.6 is 0 Å². The fourth-order valence-electron chi connectivity index (χ4n) is 2.95. The summed E-state index contributed by atoms with van der Waals surface area (Å²) in [6.45, 7) is 6.14. The zero-order chi connectivity index (χ0) is 15.5. The fourth-order valence-corrected chi connectivity index (χ4v) is 2.95. The number of nitrogens with zero attached hydrogens (tertiary/aromatic N) is 3. The van der Waals surface area contributed by atoms with E-state index in [2.05, 4.69) is 22.1 Å². The van der Waals surface area contributed by atoms with Crippen LogP contribution in [-0.2, 0) is 16.0 Å². The first-order valence-corrected chi connectivity index (χ1v) is 8.19. The Morgan fingerprint density at radius 3 is 2.95 bits per heavy atom. The molecule has 1 atom stereocenters. The Morgan fingerprint density at radius 1 is 1.50 bits per heavy atom. The summed E-state index contributed by atoms with van der Waals surface area (Å²) in [6, 6.07) is 1.94. The second kappa shape index (κ2) is 6.79. The van der Waals surface area contributed by atoms with Crippen LogP contribution in [0, 0.1) is 12.8 Å². The van der Waals surface area contributed by atoms with Crippen molar-refractivity contribution in [3.63, 3.8) is 0 Å². The van der Waals surface area contributed by atoms with Crippen molar-refractivity contribution < 1.29 is 9.53 Å². The summed E-state index contributed by atoms with van der Waals surface area (Å²) >= 11 is 0. The van der Waals surface area contributed by atoms with Gasteiger partial charge in [-0.3, -0.25) is 9.89 Å². The second-order valence-corrected chi connectivity index (χ2v) is 6.72. The molecule has 1 aromatic heterocycles. The topological polar surface area (TPSA) is 61.5 Å². The van der Waals surface area contributed by atoms with E-state index in [1.807, 2.05) is 17.9 Å². The molecule has 0 spiro atoms. The molecule has 2 aliphatic rings. The Morgan fingerprint density at radius 2 is 2.32 bits per heavy atom. The minimum absolute atomic E-state index is 0.127. The number of hydrogen-bond donors (Lipinski definition) is 1. The molecule has 2 fully saturated rings. The molecule has 122 valence electrons. The smallest absolute Gasteiger partial charge is 0.228 e. The van der Waals surface area contributed by atoms with Crippen LogP contribution < -0.4 is 0 Å². The molecule has 1 aliphatic carbocycles. The molecular weight excluding hydrogens is 280 g/mol. The molecule has 2 heterocycles. The van der Waals surface area contributed by atoms with E-state index in [4.69, 9.17) is 4.74 Å². The van der Waals surface area contributed by atoms with E-state index in [-0.39, 0.29) is 12.0 Å². The number of nitrogens with one attached hydrogen (secondary N) is 1. The lowest BCUT2D eigenvalue weighted by Gasteiger charge is -2.34. The van der Waals surface area contributed by atoms with Crippen molar-refractivity contribution in [1.29, 1.82) is 0 Å². The molecule has 1 N–H and O–H groups in total. The van der Waals surface area contributed by atoms with Crippen molar-refractivity contribution in [2.45, 2.75) is 32.3 Å². The lowest BCUT2D eigenvalue weighted by Crippen LogP contribution is -2.48. The van der Waals surface area contributed by atoms with Gasteiger partial charge in [0, 0.05) is 31.9 Å². The normalized spacial score (nSPS) is 22.7. The van der Waals surface area contributed by atoms with Crippen molar-refractivity contribution in [1.82, 2.24) is 20.0 Å². The molecule has 1 saturated heterocycles. The average molecular weight is 306 g/mol. The fraction of sp³-hybridized carbons (Fsp3) is 0.750. The van der Waals surface area contributed by atoms with Crippen LogP contribution in [0.1, 0.15) is 24.2 Å². The maximum Gasteiger partial charge on any atom is 0.228 e. The van der Waals surface area contributed by atoms with Crippen LogP contribution in [0.2, 0.25) is 0 Å². The van der Waals surface area contributed by atoms with Crippen LogP contribution in [-0.4, -0.2) is 71.8 Å². The summed E-state index contributed by atoms with van der Waals surface area (Å²) in [5.74, 6) is 0.849. The van der Waals surface area contributed by atoms with Crippen molar-refractivity contribution in [3.05, 3.63) is 17.5 Å². The molecule has 1 aliphatic heterocycles. The average Bonchev–Trinajstić information content (AvgIpc) is 3.20. The zero-order valence-electron chi connectivity index (χ0n) is 13.5. The predicted molar refractivity (Wildman–Crippen MR) is 83.6 cm³/mol. The third kappa shape index (κ3) is 4.30. The molecule has 6 heteroatoms. The number of hydrogen-bond acceptors (Lipinski definition) is 4. The van der Waals surface area contributed by atoms with E-state index in [1.165, 1.54) is 12.8 Å². The van der Waals surface area contributed by atoms with Gasteiger partial charge in [-0.15, -0.1) is 0 Å². The number of aromatic nitrogens is 2. The molecule has 0 radical (unpaired) electrons. The third-order valence-electron chi connectivity index (χ3n) is 4.39. The number of likely N-dealkylation sites (N-methyl/N-ethyl adjacent to an activating group) is 1. The molecule has 3 rings (SSSR count). The molecule has 1 amide bonds. The summed E-state index contributed by atoms with van der Waals surface area (Å²) in [6.07, 6.45) is 3.00. The van der Waals surface area contributed by atoms with Crippen molar-refractivity contribution >= 4 is 5.91 Å². The Balaban J connectivity index is 1.59. The molecule has 0 aromatic carbocycles. The van der Waals surface area contributed by atoms with Gasteiger partial charge in [-0.1, -0.05) is 0 Å².